The fourth-order valence-corrected chi connectivity index (χ4v) is 3.69. The molecule has 0 aliphatic heterocycles. The van der Waals surface area contributed by atoms with Gasteiger partial charge in [-0.05, 0) is 24.3 Å². The van der Waals surface area contributed by atoms with Crippen LogP contribution in [0.5, 0.6) is 17.2 Å². The van der Waals surface area contributed by atoms with Crippen molar-refractivity contribution in [2.24, 2.45) is 0 Å². The summed E-state index contributed by atoms with van der Waals surface area (Å²) in [6, 6.07) is 12.8. The molecule has 1 heterocycles. The Morgan fingerprint density at radius 3 is 2.58 bits per heavy atom. The van der Waals surface area contributed by atoms with Crippen LogP contribution in [0.15, 0.2) is 60.3 Å². The maximum Gasteiger partial charge on any atom is 0.234 e. The number of methoxy groups -OCH3 is 3. The summed E-state index contributed by atoms with van der Waals surface area (Å²) in [4.78, 5) is 12.6. The number of ether oxygens (including phenoxy) is 3. The molecule has 0 aliphatic rings. The van der Waals surface area contributed by atoms with Gasteiger partial charge in [-0.1, -0.05) is 30.0 Å². The highest BCUT2D eigenvalue weighted by Crippen LogP contribution is 2.32. The van der Waals surface area contributed by atoms with E-state index in [2.05, 4.69) is 22.1 Å². The number of hydrogen-bond donors (Lipinski definition) is 1. The summed E-state index contributed by atoms with van der Waals surface area (Å²) >= 11 is 1.28. The number of aromatic nitrogens is 3. The molecule has 3 rings (SSSR count). The molecule has 0 atom stereocenters. The zero-order valence-corrected chi connectivity index (χ0v) is 18.4. The van der Waals surface area contributed by atoms with E-state index in [1.807, 2.05) is 28.8 Å². The Kier molecular flexibility index (Phi) is 7.55. The summed E-state index contributed by atoms with van der Waals surface area (Å²) < 4.78 is 17.9. The van der Waals surface area contributed by atoms with E-state index < -0.39 is 0 Å². The van der Waals surface area contributed by atoms with Crippen LogP contribution in [0.25, 0.3) is 11.4 Å². The minimum absolute atomic E-state index is 0.140. The minimum Gasteiger partial charge on any atom is -0.497 e. The molecule has 8 nitrogen and oxygen atoms in total. The normalized spacial score (nSPS) is 10.4. The average molecular weight is 441 g/mol. The molecule has 1 amide bonds. The van der Waals surface area contributed by atoms with Gasteiger partial charge < -0.3 is 19.5 Å². The predicted molar refractivity (Wildman–Crippen MR) is 121 cm³/mol. The molecule has 31 heavy (non-hydrogen) atoms. The van der Waals surface area contributed by atoms with Crippen molar-refractivity contribution < 1.29 is 19.0 Å². The Labute approximate surface area is 185 Å². The molecule has 0 spiro atoms. The van der Waals surface area contributed by atoms with Crippen LogP contribution in [0.1, 0.15) is 0 Å². The third kappa shape index (κ3) is 5.18. The van der Waals surface area contributed by atoms with Crippen LogP contribution < -0.4 is 19.5 Å². The Morgan fingerprint density at radius 2 is 1.87 bits per heavy atom. The summed E-state index contributed by atoms with van der Waals surface area (Å²) in [7, 11) is 4.72. The third-order valence-electron chi connectivity index (χ3n) is 4.39. The number of allylic oxidation sites excluding steroid dienone is 1. The molecule has 0 radical (unpaired) electrons. The van der Waals surface area contributed by atoms with Crippen molar-refractivity contribution in [3.63, 3.8) is 0 Å². The fraction of sp³-hybridized carbons (Fsp3) is 0.227. The van der Waals surface area contributed by atoms with Crippen LogP contribution in [0.4, 0.5) is 5.69 Å². The zero-order chi connectivity index (χ0) is 22.2. The van der Waals surface area contributed by atoms with Gasteiger partial charge in [-0.25, -0.2) is 0 Å². The van der Waals surface area contributed by atoms with Gasteiger partial charge in [0.05, 0.1) is 38.3 Å². The lowest BCUT2D eigenvalue weighted by Crippen LogP contribution is -2.15. The molecular weight excluding hydrogens is 416 g/mol. The molecular formula is C22H24N4O4S. The second-order valence-corrected chi connectivity index (χ2v) is 7.25. The fourth-order valence-electron chi connectivity index (χ4n) is 2.95. The summed E-state index contributed by atoms with van der Waals surface area (Å²) in [6.45, 7) is 4.31. The molecule has 162 valence electrons. The van der Waals surface area contributed by atoms with Gasteiger partial charge in [0.1, 0.15) is 17.2 Å². The molecule has 2 aromatic carbocycles. The lowest BCUT2D eigenvalue weighted by Gasteiger charge is -2.12. The van der Waals surface area contributed by atoms with Gasteiger partial charge >= 0.3 is 0 Å². The monoisotopic (exact) mass is 440 g/mol. The molecule has 1 N–H and O–H groups in total. The van der Waals surface area contributed by atoms with Gasteiger partial charge in [0, 0.05) is 12.6 Å². The van der Waals surface area contributed by atoms with Crippen LogP contribution in [-0.2, 0) is 11.3 Å². The topological polar surface area (TPSA) is 87.5 Å². The lowest BCUT2D eigenvalue weighted by molar-refractivity contribution is -0.113. The molecule has 3 aromatic rings. The Balaban J connectivity index is 1.77. The second-order valence-electron chi connectivity index (χ2n) is 6.31. The van der Waals surface area contributed by atoms with Crippen LogP contribution in [-0.4, -0.2) is 47.8 Å². The first-order chi connectivity index (χ1) is 15.1. The Bertz CT molecular complexity index is 1070. The van der Waals surface area contributed by atoms with E-state index in [9.17, 15) is 4.79 Å². The van der Waals surface area contributed by atoms with Gasteiger partial charge in [-0.2, -0.15) is 0 Å². The number of carbonyl (C=O) groups is 1. The highest BCUT2D eigenvalue weighted by atomic mass is 32.2. The molecule has 9 heteroatoms. The number of rotatable bonds is 10. The first-order valence-corrected chi connectivity index (χ1v) is 10.4. The van der Waals surface area contributed by atoms with Gasteiger partial charge in [-0.3, -0.25) is 9.36 Å². The maximum absolute atomic E-state index is 12.6. The number of anilines is 1. The Hall–Kier alpha value is -3.46. The van der Waals surface area contributed by atoms with E-state index in [-0.39, 0.29) is 11.7 Å². The van der Waals surface area contributed by atoms with Crippen LogP contribution >= 0.6 is 11.8 Å². The molecule has 0 saturated heterocycles. The summed E-state index contributed by atoms with van der Waals surface area (Å²) in [5, 5.41) is 12.1. The van der Waals surface area contributed by atoms with E-state index in [1.54, 1.807) is 45.6 Å². The van der Waals surface area contributed by atoms with E-state index in [0.29, 0.717) is 40.5 Å². The van der Waals surface area contributed by atoms with E-state index in [1.165, 1.54) is 11.8 Å². The molecule has 1 aromatic heterocycles. The Morgan fingerprint density at radius 1 is 1.10 bits per heavy atom. The van der Waals surface area contributed by atoms with E-state index >= 15 is 0 Å². The average Bonchev–Trinajstić information content (AvgIpc) is 3.20. The zero-order valence-electron chi connectivity index (χ0n) is 17.6. The number of amides is 1. The van der Waals surface area contributed by atoms with Crippen molar-refractivity contribution in [2.75, 3.05) is 32.4 Å². The largest absolute Gasteiger partial charge is 0.497 e. The lowest BCUT2D eigenvalue weighted by atomic mass is 10.2. The predicted octanol–water partition coefficient (Wildman–Crippen LogP) is 3.89. The van der Waals surface area contributed by atoms with Gasteiger partial charge in [-0.15, -0.1) is 16.8 Å². The summed E-state index contributed by atoms with van der Waals surface area (Å²) in [5.74, 6) is 2.45. The summed E-state index contributed by atoms with van der Waals surface area (Å²) in [5.41, 5.74) is 1.35. The smallest absolute Gasteiger partial charge is 0.234 e. The van der Waals surface area contributed by atoms with Crippen LogP contribution in [0.2, 0.25) is 0 Å². The van der Waals surface area contributed by atoms with Crippen molar-refractivity contribution in [1.29, 1.82) is 0 Å². The van der Waals surface area contributed by atoms with Crippen molar-refractivity contribution in [3.8, 4) is 28.6 Å². The maximum atomic E-state index is 12.6. The molecule has 0 saturated carbocycles. The number of thioether (sulfide) groups is 1. The standard InChI is InChI=1S/C22H24N4O4S/c1-5-12-26-21(16-8-6-7-9-18(16)29-3)24-25-22(26)31-14-20(27)23-17-13-15(28-2)10-11-19(17)30-4/h5-11,13H,1,12,14H2,2-4H3,(H,23,27). The number of nitrogens with zero attached hydrogens (tertiary/aromatic N) is 3. The molecule has 0 unspecified atom stereocenters. The van der Waals surface area contributed by atoms with Crippen molar-refractivity contribution >= 4 is 23.4 Å². The first-order valence-electron chi connectivity index (χ1n) is 9.43. The van der Waals surface area contributed by atoms with Crippen LogP contribution in [0, 0.1) is 0 Å². The second kappa shape index (κ2) is 10.5. The highest BCUT2D eigenvalue weighted by Gasteiger charge is 2.18. The van der Waals surface area contributed by atoms with Gasteiger partial charge in [0.2, 0.25) is 5.91 Å². The van der Waals surface area contributed by atoms with Crippen molar-refractivity contribution in [3.05, 3.63) is 55.1 Å². The van der Waals surface area contributed by atoms with Gasteiger partial charge in [0.25, 0.3) is 0 Å². The van der Waals surface area contributed by atoms with E-state index in [0.717, 1.165) is 5.56 Å². The number of para-hydroxylation sites is 1. The quantitative estimate of drug-likeness (QED) is 0.378. The number of hydrogen-bond acceptors (Lipinski definition) is 7. The van der Waals surface area contributed by atoms with Gasteiger partial charge in [0.15, 0.2) is 11.0 Å². The third-order valence-corrected chi connectivity index (χ3v) is 5.36. The van der Waals surface area contributed by atoms with Crippen molar-refractivity contribution in [2.45, 2.75) is 11.7 Å². The molecule has 0 fully saturated rings. The highest BCUT2D eigenvalue weighted by molar-refractivity contribution is 7.99. The molecule has 0 bridgehead atoms. The molecule has 0 aliphatic carbocycles. The number of carbonyl (C=O) groups excluding carboxylic acids is 1. The summed E-state index contributed by atoms with van der Waals surface area (Å²) in [6.07, 6.45) is 1.76. The van der Waals surface area contributed by atoms with Crippen molar-refractivity contribution in [1.82, 2.24) is 14.8 Å². The number of nitrogens with one attached hydrogen (secondary N) is 1. The number of benzene rings is 2. The first kappa shape index (κ1) is 22.2. The van der Waals surface area contributed by atoms with Crippen LogP contribution in [0.3, 0.4) is 0 Å². The SMILES string of the molecule is C=CCn1c(SCC(=O)Nc2cc(OC)ccc2OC)nnc1-c1ccccc1OC. The minimum atomic E-state index is -0.205. The van der Waals surface area contributed by atoms with E-state index in [4.69, 9.17) is 14.2 Å².